The van der Waals surface area contributed by atoms with Gasteiger partial charge in [-0.1, -0.05) is 18.9 Å². The summed E-state index contributed by atoms with van der Waals surface area (Å²) < 4.78 is 5.26. The lowest BCUT2D eigenvalue weighted by atomic mass is 9.84. The van der Waals surface area contributed by atoms with Crippen LogP contribution in [0.3, 0.4) is 0 Å². The topological polar surface area (TPSA) is 50.4 Å². The summed E-state index contributed by atoms with van der Waals surface area (Å²) in [5.74, 6) is 0.487. The lowest BCUT2D eigenvalue weighted by molar-refractivity contribution is 0.0511. The van der Waals surface area contributed by atoms with Gasteiger partial charge >= 0.3 is 6.09 Å². The first-order chi connectivity index (χ1) is 8.92. The van der Waals surface area contributed by atoms with E-state index >= 15 is 0 Å². The highest BCUT2D eigenvalue weighted by molar-refractivity contribution is 5.67. The number of nitrogens with one attached hydrogen (secondary N) is 2. The number of carbonyl (C=O) groups excluding carboxylic acids is 1. The highest BCUT2D eigenvalue weighted by Crippen LogP contribution is 2.24. The molecule has 19 heavy (non-hydrogen) atoms. The van der Waals surface area contributed by atoms with Crippen molar-refractivity contribution in [3.8, 4) is 0 Å². The normalized spacial score (nSPS) is 23.7. The maximum absolute atomic E-state index is 11.7. The van der Waals surface area contributed by atoms with E-state index in [1.54, 1.807) is 0 Å². The fraction of sp³-hybridized carbons (Fsp3) is 0.800. The molecule has 0 spiro atoms. The zero-order valence-electron chi connectivity index (χ0n) is 12.5. The minimum atomic E-state index is -0.433. The van der Waals surface area contributed by atoms with Crippen molar-refractivity contribution < 1.29 is 9.53 Å². The van der Waals surface area contributed by atoms with Crippen LogP contribution in [0, 0.1) is 5.92 Å². The number of carbonyl (C=O) groups is 1. The van der Waals surface area contributed by atoms with Crippen molar-refractivity contribution in [2.75, 3.05) is 13.1 Å². The van der Waals surface area contributed by atoms with E-state index in [-0.39, 0.29) is 6.09 Å². The standard InChI is InChI=1S/C15H28N2O2/c1-5-10-16-13-9-7-6-8-12(13)11-17-14(18)19-15(2,3)4/h5,12-13,16H,1,6-11H2,2-4H3,(H,17,18). The predicted octanol–water partition coefficient (Wildman–Crippen LogP) is 2.85. The molecule has 0 bridgehead atoms. The first kappa shape index (κ1) is 16.0. The maximum Gasteiger partial charge on any atom is 0.407 e. The second-order valence-corrected chi connectivity index (χ2v) is 6.23. The van der Waals surface area contributed by atoms with E-state index in [4.69, 9.17) is 4.74 Å². The highest BCUT2D eigenvalue weighted by atomic mass is 16.6. The lowest BCUT2D eigenvalue weighted by Gasteiger charge is -2.32. The molecule has 2 unspecified atom stereocenters. The van der Waals surface area contributed by atoms with Crippen LogP contribution in [-0.2, 0) is 4.74 Å². The molecule has 0 aliphatic heterocycles. The van der Waals surface area contributed by atoms with Crippen LogP contribution < -0.4 is 10.6 Å². The Balaban J connectivity index is 2.36. The summed E-state index contributed by atoms with van der Waals surface area (Å²) in [7, 11) is 0. The van der Waals surface area contributed by atoms with Gasteiger partial charge < -0.3 is 15.4 Å². The van der Waals surface area contributed by atoms with Crippen LogP contribution in [0.2, 0.25) is 0 Å². The predicted molar refractivity (Wildman–Crippen MR) is 78.2 cm³/mol. The molecule has 4 heteroatoms. The molecule has 0 aromatic carbocycles. The number of hydrogen-bond acceptors (Lipinski definition) is 3. The Kier molecular flexibility index (Phi) is 6.35. The Bertz CT molecular complexity index is 297. The zero-order valence-corrected chi connectivity index (χ0v) is 12.5. The second kappa shape index (κ2) is 7.53. The van der Waals surface area contributed by atoms with Gasteiger partial charge in [-0.25, -0.2) is 4.79 Å². The van der Waals surface area contributed by atoms with E-state index in [1.807, 2.05) is 26.8 Å². The molecule has 1 saturated carbocycles. The van der Waals surface area contributed by atoms with Gasteiger partial charge in [0.25, 0.3) is 0 Å². The van der Waals surface area contributed by atoms with Gasteiger partial charge in [-0.2, -0.15) is 0 Å². The van der Waals surface area contributed by atoms with Crippen LogP contribution in [0.4, 0.5) is 4.79 Å². The molecule has 0 aromatic heterocycles. The van der Waals surface area contributed by atoms with Gasteiger partial charge in [-0.05, 0) is 39.5 Å². The van der Waals surface area contributed by atoms with Crippen LogP contribution in [0.15, 0.2) is 12.7 Å². The Labute approximate surface area is 117 Å². The van der Waals surface area contributed by atoms with Crippen molar-refractivity contribution >= 4 is 6.09 Å². The Morgan fingerprint density at radius 1 is 1.37 bits per heavy atom. The van der Waals surface area contributed by atoms with E-state index in [2.05, 4.69) is 17.2 Å². The van der Waals surface area contributed by atoms with Crippen LogP contribution >= 0.6 is 0 Å². The van der Waals surface area contributed by atoms with Crippen molar-refractivity contribution in [2.24, 2.45) is 5.92 Å². The van der Waals surface area contributed by atoms with Crippen LogP contribution in [0.5, 0.6) is 0 Å². The van der Waals surface area contributed by atoms with Gasteiger partial charge in [-0.15, -0.1) is 6.58 Å². The van der Waals surface area contributed by atoms with Gasteiger partial charge in [0.1, 0.15) is 5.60 Å². The molecule has 0 aromatic rings. The number of hydrogen-bond donors (Lipinski definition) is 2. The van der Waals surface area contributed by atoms with Crippen molar-refractivity contribution in [1.82, 2.24) is 10.6 Å². The van der Waals surface area contributed by atoms with E-state index in [9.17, 15) is 4.79 Å². The zero-order chi connectivity index (χ0) is 14.3. The quantitative estimate of drug-likeness (QED) is 0.754. The summed E-state index contributed by atoms with van der Waals surface area (Å²) >= 11 is 0. The average molecular weight is 268 g/mol. The number of amides is 1. The fourth-order valence-electron chi connectivity index (χ4n) is 2.48. The minimum Gasteiger partial charge on any atom is -0.444 e. The van der Waals surface area contributed by atoms with Gasteiger partial charge in [0, 0.05) is 19.1 Å². The third kappa shape index (κ3) is 6.62. The van der Waals surface area contributed by atoms with Crippen molar-refractivity contribution in [2.45, 2.75) is 58.1 Å². The molecular weight excluding hydrogens is 240 g/mol. The maximum atomic E-state index is 11.7. The third-order valence-corrected chi connectivity index (χ3v) is 3.34. The molecule has 1 rings (SSSR count). The van der Waals surface area contributed by atoms with Crippen molar-refractivity contribution in [3.63, 3.8) is 0 Å². The van der Waals surface area contributed by atoms with Gasteiger partial charge in [0.15, 0.2) is 0 Å². The van der Waals surface area contributed by atoms with Crippen LogP contribution in [0.1, 0.15) is 46.5 Å². The molecule has 0 heterocycles. The molecule has 1 aliphatic carbocycles. The fourth-order valence-corrected chi connectivity index (χ4v) is 2.48. The molecule has 0 saturated heterocycles. The summed E-state index contributed by atoms with van der Waals surface area (Å²) in [5, 5.41) is 6.37. The molecular formula is C15H28N2O2. The van der Waals surface area contributed by atoms with E-state index in [0.29, 0.717) is 18.5 Å². The smallest absolute Gasteiger partial charge is 0.407 e. The van der Waals surface area contributed by atoms with Crippen LogP contribution in [-0.4, -0.2) is 30.8 Å². The summed E-state index contributed by atoms with van der Waals surface area (Å²) in [6, 6.07) is 0.474. The summed E-state index contributed by atoms with van der Waals surface area (Å²) in [5.41, 5.74) is -0.433. The molecule has 1 amide bonds. The lowest BCUT2D eigenvalue weighted by Crippen LogP contribution is -2.45. The Morgan fingerprint density at radius 3 is 2.68 bits per heavy atom. The van der Waals surface area contributed by atoms with Gasteiger partial charge in [0.2, 0.25) is 0 Å². The first-order valence-electron chi connectivity index (χ1n) is 7.23. The largest absolute Gasteiger partial charge is 0.444 e. The molecule has 0 radical (unpaired) electrons. The number of ether oxygens (including phenoxy) is 1. The van der Waals surface area contributed by atoms with Crippen molar-refractivity contribution in [1.29, 1.82) is 0 Å². The Morgan fingerprint density at radius 2 is 2.05 bits per heavy atom. The molecule has 1 fully saturated rings. The first-order valence-corrected chi connectivity index (χ1v) is 7.23. The highest BCUT2D eigenvalue weighted by Gasteiger charge is 2.25. The number of rotatable bonds is 5. The van der Waals surface area contributed by atoms with E-state index < -0.39 is 5.60 Å². The molecule has 2 atom stereocenters. The molecule has 1 aliphatic rings. The van der Waals surface area contributed by atoms with E-state index in [0.717, 1.165) is 13.0 Å². The number of alkyl carbamates (subject to hydrolysis) is 1. The second-order valence-electron chi connectivity index (χ2n) is 6.23. The monoisotopic (exact) mass is 268 g/mol. The summed E-state index contributed by atoms with van der Waals surface area (Å²) in [6.07, 6.45) is 6.40. The average Bonchev–Trinajstić information content (AvgIpc) is 2.32. The van der Waals surface area contributed by atoms with E-state index in [1.165, 1.54) is 19.3 Å². The van der Waals surface area contributed by atoms with Crippen LogP contribution in [0.25, 0.3) is 0 Å². The third-order valence-electron chi connectivity index (χ3n) is 3.34. The van der Waals surface area contributed by atoms with Gasteiger partial charge in [-0.3, -0.25) is 0 Å². The SMILES string of the molecule is C=CCNC1CCCCC1CNC(=O)OC(C)(C)C. The molecule has 2 N–H and O–H groups in total. The van der Waals surface area contributed by atoms with Crippen molar-refractivity contribution in [3.05, 3.63) is 12.7 Å². The minimum absolute atomic E-state index is 0.319. The summed E-state index contributed by atoms with van der Waals surface area (Å²) in [6.45, 7) is 10.9. The molecule has 4 nitrogen and oxygen atoms in total. The summed E-state index contributed by atoms with van der Waals surface area (Å²) in [4.78, 5) is 11.7. The Hall–Kier alpha value is -1.03. The van der Waals surface area contributed by atoms with Gasteiger partial charge in [0.05, 0.1) is 0 Å². The molecule has 110 valence electrons.